The molecule has 0 saturated heterocycles. The molecule has 1 aromatic carbocycles. The van der Waals surface area contributed by atoms with Crippen LogP contribution in [0.1, 0.15) is 0 Å². The standard InChI is InChI=1S/C8H8F3NO/c1-13-7-4-2-3-6(5-7)12-8(9,10)11/h2-5,12H,1H3. The van der Waals surface area contributed by atoms with Crippen molar-refractivity contribution in [2.75, 3.05) is 12.4 Å². The molecular weight excluding hydrogens is 183 g/mol. The normalized spacial score (nSPS) is 11.1. The number of benzene rings is 1. The van der Waals surface area contributed by atoms with Gasteiger partial charge in [0.15, 0.2) is 0 Å². The zero-order valence-electron chi connectivity index (χ0n) is 6.85. The topological polar surface area (TPSA) is 21.3 Å². The van der Waals surface area contributed by atoms with Crippen molar-refractivity contribution in [3.8, 4) is 5.75 Å². The van der Waals surface area contributed by atoms with Crippen molar-refractivity contribution in [2.24, 2.45) is 0 Å². The summed E-state index contributed by atoms with van der Waals surface area (Å²) in [5, 5.41) is 1.38. The minimum absolute atomic E-state index is 0.0353. The molecule has 0 spiro atoms. The molecule has 0 aromatic heterocycles. The first-order valence-corrected chi connectivity index (χ1v) is 3.50. The lowest BCUT2D eigenvalue weighted by molar-refractivity contribution is -0.0999. The number of ether oxygens (including phenoxy) is 1. The summed E-state index contributed by atoms with van der Waals surface area (Å²) in [6.45, 7) is 0. The van der Waals surface area contributed by atoms with E-state index in [1.165, 1.54) is 30.6 Å². The van der Waals surface area contributed by atoms with Gasteiger partial charge in [-0.05, 0) is 12.1 Å². The van der Waals surface area contributed by atoms with Crippen LogP contribution < -0.4 is 10.1 Å². The van der Waals surface area contributed by atoms with Crippen molar-refractivity contribution in [1.82, 2.24) is 0 Å². The Morgan fingerprint density at radius 1 is 1.31 bits per heavy atom. The molecule has 0 radical (unpaired) electrons. The van der Waals surface area contributed by atoms with E-state index >= 15 is 0 Å². The Kier molecular flexibility index (Phi) is 2.65. The molecule has 0 unspecified atom stereocenters. The van der Waals surface area contributed by atoms with Crippen LogP contribution in [-0.2, 0) is 0 Å². The van der Waals surface area contributed by atoms with E-state index in [0.717, 1.165) is 0 Å². The van der Waals surface area contributed by atoms with Gasteiger partial charge in [0.25, 0.3) is 0 Å². The van der Waals surface area contributed by atoms with Gasteiger partial charge in [0.1, 0.15) is 5.75 Å². The van der Waals surface area contributed by atoms with Gasteiger partial charge in [-0.3, -0.25) is 5.32 Å². The van der Waals surface area contributed by atoms with Crippen LogP contribution in [-0.4, -0.2) is 13.4 Å². The summed E-state index contributed by atoms with van der Waals surface area (Å²) in [6.07, 6.45) is -4.41. The van der Waals surface area contributed by atoms with Crippen molar-refractivity contribution < 1.29 is 17.9 Å². The lowest BCUT2D eigenvalue weighted by atomic mass is 10.3. The highest BCUT2D eigenvalue weighted by Crippen LogP contribution is 2.22. The minimum atomic E-state index is -4.41. The van der Waals surface area contributed by atoms with E-state index in [2.05, 4.69) is 0 Å². The molecular formula is C8H8F3NO. The number of alkyl halides is 3. The van der Waals surface area contributed by atoms with Crippen LogP contribution in [0.3, 0.4) is 0 Å². The van der Waals surface area contributed by atoms with E-state index in [1.807, 2.05) is 0 Å². The molecule has 13 heavy (non-hydrogen) atoms. The van der Waals surface area contributed by atoms with Gasteiger partial charge >= 0.3 is 6.30 Å². The average Bonchev–Trinajstić information content (AvgIpc) is 2.01. The van der Waals surface area contributed by atoms with E-state index < -0.39 is 6.30 Å². The Morgan fingerprint density at radius 3 is 2.54 bits per heavy atom. The number of rotatable bonds is 2. The van der Waals surface area contributed by atoms with Crippen LogP contribution in [0.2, 0.25) is 0 Å². The maximum atomic E-state index is 11.8. The second kappa shape index (κ2) is 3.55. The fourth-order valence-electron chi connectivity index (χ4n) is 0.864. The lowest BCUT2D eigenvalue weighted by Gasteiger charge is -2.10. The highest BCUT2D eigenvalue weighted by Gasteiger charge is 2.26. The second-order valence-corrected chi connectivity index (χ2v) is 2.35. The molecule has 0 bridgehead atoms. The first kappa shape index (κ1) is 9.70. The largest absolute Gasteiger partial charge is 0.497 e. The molecule has 0 aliphatic carbocycles. The SMILES string of the molecule is COc1cccc(NC(F)(F)F)c1. The van der Waals surface area contributed by atoms with Crippen LogP contribution in [0.4, 0.5) is 18.9 Å². The third-order valence-electron chi connectivity index (χ3n) is 1.36. The van der Waals surface area contributed by atoms with Crippen molar-refractivity contribution in [1.29, 1.82) is 0 Å². The first-order valence-electron chi connectivity index (χ1n) is 3.50. The van der Waals surface area contributed by atoms with Crippen molar-refractivity contribution in [3.63, 3.8) is 0 Å². The molecule has 1 N–H and O–H groups in total. The first-order chi connectivity index (χ1) is 6.01. The Labute approximate surface area is 73.3 Å². The predicted molar refractivity (Wildman–Crippen MR) is 42.7 cm³/mol. The number of halogens is 3. The lowest BCUT2D eigenvalue weighted by Crippen LogP contribution is -2.20. The van der Waals surface area contributed by atoms with Crippen molar-refractivity contribution in [3.05, 3.63) is 24.3 Å². The third kappa shape index (κ3) is 3.23. The van der Waals surface area contributed by atoms with Gasteiger partial charge in [-0.25, -0.2) is 0 Å². The highest BCUT2D eigenvalue weighted by atomic mass is 19.4. The van der Waals surface area contributed by atoms with Gasteiger partial charge in [-0.1, -0.05) is 6.07 Å². The molecule has 0 atom stereocenters. The van der Waals surface area contributed by atoms with Crippen molar-refractivity contribution >= 4 is 5.69 Å². The predicted octanol–water partition coefficient (Wildman–Crippen LogP) is 2.63. The molecule has 2 nitrogen and oxygen atoms in total. The zero-order chi connectivity index (χ0) is 9.90. The summed E-state index contributed by atoms with van der Waals surface area (Å²) in [4.78, 5) is 0. The number of hydrogen-bond donors (Lipinski definition) is 1. The van der Waals surface area contributed by atoms with Crippen LogP contribution in [0.25, 0.3) is 0 Å². The number of hydrogen-bond acceptors (Lipinski definition) is 2. The summed E-state index contributed by atoms with van der Waals surface area (Å²) in [6, 6.07) is 5.64. The van der Waals surface area contributed by atoms with Crippen LogP contribution in [0.5, 0.6) is 5.75 Å². The van der Waals surface area contributed by atoms with E-state index in [9.17, 15) is 13.2 Å². The van der Waals surface area contributed by atoms with Gasteiger partial charge in [0.2, 0.25) is 0 Å². The molecule has 5 heteroatoms. The summed E-state index contributed by atoms with van der Waals surface area (Å²) in [7, 11) is 1.40. The molecule has 0 amide bonds. The van der Waals surface area contributed by atoms with Crippen LogP contribution in [0, 0.1) is 0 Å². The number of nitrogens with one attached hydrogen (secondary N) is 1. The minimum Gasteiger partial charge on any atom is -0.497 e. The van der Waals surface area contributed by atoms with Gasteiger partial charge in [0, 0.05) is 11.8 Å². The van der Waals surface area contributed by atoms with E-state index in [0.29, 0.717) is 5.75 Å². The molecule has 72 valence electrons. The Bertz CT molecular complexity index is 285. The third-order valence-corrected chi connectivity index (χ3v) is 1.36. The maximum Gasteiger partial charge on any atom is 0.482 e. The quantitative estimate of drug-likeness (QED) is 0.725. The van der Waals surface area contributed by atoms with E-state index in [1.54, 1.807) is 6.07 Å². The molecule has 0 aliphatic rings. The summed E-state index contributed by atoms with van der Waals surface area (Å²) in [5.74, 6) is 0.384. The Morgan fingerprint density at radius 2 is 2.00 bits per heavy atom. The van der Waals surface area contributed by atoms with Gasteiger partial charge in [-0.15, -0.1) is 0 Å². The Balaban J connectivity index is 2.78. The molecule has 1 rings (SSSR count). The average molecular weight is 191 g/mol. The van der Waals surface area contributed by atoms with Crippen molar-refractivity contribution in [2.45, 2.75) is 6.30 Å². The molecule has 0 fully saturated rings. The van der Waals surface area contributed by atoms with Gasteiger partial charge < -0.3 is 4.74 Å². The number of methoxy groups -OCH3 is 1. The van der Waals surface area contributed by atoms with Gasteiger partial charge in [0.05, 0.1) is 7.11 Å². The summed E-state index contributed by atoms with van der Waals surface area (Å²) in [5.41, 5.74) is -0.0353. The summed E-state index contributed by atoms with van der Waals surface area (Å²) >= 11 is 0. The monoisotopic (exact) mass is 191 g/mol. The molecule has 1 aromatic rings. The second-order valence-electron chi connectivity index (χ2n) is 2.35. The molecule has 0 aliphatic heterocycles. The maximum absolute atomic E-state index is 11.8. The summed E-state index contributed by atoms with van der Waals surface area (Å²) < 4.78 is 40.2. The smallest absolute Gasteiger partial charge is 0.482 e. The van der Waals surface area contributed by atoms with E-state index in [-0.39, 0.29) is 5.69 Å². The van der Waals surface area contributed by atoms with Gasteiger partial charge in [-0.2, -0.15) is 13.2 Å². The van der Waals surface area contributed by atoms with E-state index in [4.69, 9.17) is 4.74 Å². The van der Waals surface area contributed by atoms with Crippen LogP contribution >= 0.6 is 0 Å². The number of anilines is 1. The highest BCUT2D eigenvalue weighted by molar-refractivity contribution is 5.48. The fraction of sp³-hybridized carbons (Fsp3) is 0.250. The Hall–Kier alpha value is -1.39. The molecule has 0 heterocycles. The van der Waals surface area contributed by atoms with Crippen LogP contribution in [0.15, 0.2) is 24.3 Å². The fourth-order valence-corrected chi connectivity index (χ4v) is 0.864. The zero-order valence-corrected chi connectivity index (χ0v) is 6.85. The molecule has 0 saturated carbocycles.